The van der Waals surface area contributed by atoms with Crippen molar-refractivity contribution in [2.24, 2.45) is 5.41 Å². The average Bonchev–Trinajstić information content (AvgIpc) is 2.83. The maximum absolute atomic E-state index is 12.6. The molecule has 2 fully saturated rings. The molecule has 2 amide bonds. The van der Waals surface area contributed by atoms with E-state index in [0.29, 0.717) is 25.1 Å². The first-order valence-electron chi connectivity index (χ1n) is 7.00. The van der Waals surface area contributed by atoms with E-state index in [0.717, 1.165) is 28.3 Å². The molecule has 0 bridgehead atoms. The van der Waals surface area contributed by atoms with Gasteiger partial charge in [0.2, 0.25) is 5.91 Å². The SMILES string of the molecule is O=C1CC2(CCN(C(=O)c3cc(Br)ccc3Br)CC2)CN1. The van der Waals surface area contributed by atoms with E-state index in [4.69, 9.17) is 0 Å². The fourth-order valence-electron chi connectivity index (χ4n) is 3.12. The predicted octanol–water partition coefficient (Wildman–Crippen LogP) is 2.95. The van der Waals surface area contributed by atoms with Crippen LogP contribution >= 0.6 is 31.9 Å². The van der Waals surface area contributed by atoms with E-state index in [9.17, 15) is 9.59 Å². The minimum absolute atomic E-state index is 0.0512. The fraction of sp³-hybridized carbons (Fsp3) is 0.467. The third kappa shape index (κ3) is 3.01. The van der Waals surface area contributed by atoms with Gasteiger partial charge in [-0.25, -0.2) is 0 Å². The van der Waals surface area contributed by atoms with Gasteiger partial charge in [-0.1, -0.05) is 15.9 Å². The van der Waals surface area contributed by atoms with Gasteiger partial charge in [0.25, 0.3) is 5.91 Å². The second-order valence-corrected chi connectivity index (χ2v) is 7.64. The van der Waals surface area contributed by atoms with Crippen LogP contribution in [0.4, 0.5) is 0 Å². The normalized spacial score (nSPS) is 20.7. The topological polar surface area (TPSA) is 49.4 Å². The number of benzene rings is 1. The molecule has 4 nitrogen and oxygen atoms in total. The molecule has 0 aromatic heterocycles. The highest BCUT2D eigenvalue weighted by Crippen LogP contribution is 2.38. The molecule has 3 rings (SSSR count). The largest absolute Gasteiger partial charge is 0.356 e. The Hall–Kier alpha value is -0.880. The van der Waals surface area contributed by atoms with E-state index in [1.54, 1.807) is 0 Å². The van der Waals surface area contributed by atoms with Gasteiger partial charge in [-0.15, -0.1) is 0 Å². The molecule has 21 heavy (non-hydrogen) atoms. The van der Waals surface area contributed by atoms with Gasteiger partial charge in [0.15, 0.2) is 0 Å². The Bertz CT molecular complexity index is 595. The molecule has 2 aliphatic heterocycles. The van der Waals surface area contributed by atoms with E-state index in [1.165, 1.54) is 0 Å². The summed E-state index contributed by atoms with van der Waals surface area (Å²) in [5.41, 5.74) is 0.753. The van der Waals surface area contributed by atoms with Crippen molar-refractivity contribution in [3.8, 4) is 0 Å². The minimum Gasteiger partial charge on any atom is -0.356 e. The summed E-state index contributed by atoms with van der Waals surface area (Å²) in [6.07, 6.45) is 2.39. The molecule has 0 radical (unpaired) electrons. The van der Waals surface area contributed by atoms with Crippen LogP contribution in [0.15, 0.2) is 27.1 Å². The lowest BCUT2D eigenvalue weighted by molar-refractivity contribution is -0.119. The van der Waals surface area contributed by atoms with Crippen LogP contribution in [0.3, 0.4) is 0 Å². The molecular formula is C15H16Br2N2O2. The molecule has 0 unspecified atom stereocenters. The Morgan fingerprint density at radius 3 is 2.57 bits per heavy atom. The molecule has 6 heteroatoms. The van der Waals surface area contributed by atoms with Gasteiger partial charge >= 0.3 is 0 Å². The zero-order valence-corrected chi connectivity index (χ0v) is 14.7. The predicted molar refractivity (Wildman–Crippen MR) is 87.0 cm³/mol. The molecule has 1 N–H and O–H groups in total. The molecule has 112 valence electrons. The fourth-order valence-corrected chi connectivity index (χ4v) is 3.90. The summed E-state index contributed by atoms with van der Waals surface area (Å²) in [5.74, 6) is 0.194. The van der Waals surface area contributed by atoms with E-state index >= 15 is 0 Å². The Morgan fingerprint density at radius 1 is 1.24 bits per heavy atom. The van der Waals surface area contributed by atoms with E-state index in [2.05, 4.69) is 37.2 Å². The number of nitrogens with one attached hydrogen (secondary N) is 1. The maximum atomic E-state index is 12.6. The van der Waals surface area contributed by atoms with Crippen LogP contribution in [-0.2, 0) is 4.79 Å². The summed E-state index contributed by atoms with van der Waals surface area (Å²) < 4.78 is 1.71. The molecule has 0 saturated carbocycles. The third-order valence-electron chi connectivity index (χ3n) is 4.47. The highest BCUT2D eigenvalue weighted by molar-refractivity contribution is 9.11. The number of hydrogen-bond donors (Lipinski definition) is 1. The van der Waals surface area contributed by atoms with Crippen LogP contribution in [0.25, 0.3) is 0 Å². The van der Waals surface area contributed by atoms with E-state index in [1.807, 2.05) is 23.1 Å². The Morgan fingerprint density at radius 2 is 1.95 bits per heavy atom. The lowest BCUT2D eigenvalue weighted by atomic mass is 9.77. The Balaban J connectivity index is 1.70. The minimum atomic E-state index is 0.0512. The van der Waals surface area contributed by atoms with E-state index < -0.39 is 0 Å². The molecular weight excluding hydrogens is 400 g/mol. The van der Waals surface area contributed by atoms with Crippen molar-refractivity contribution in [1.29, 1.82) is 0 Å². The summed E-state index contributed by atoms with van der Waals surface area (Å²) in [6, 6.07) is 5.63. The summed E-state index contributed by atoms with van der Waals surface area (Å²) in [7, 11) is 0. The smallest absolute Gasteiger partial charge is 0.255 e. The number of carbonyl (C=O) groups is 2. The third-order valence-corrected chi connectivity index (χ3v) is 5.65. The molecule has 1 spiro atoms. The standard InChI is InChI=1S/C15H16Br2N2O2/c16-10-1-2-12(17)11(7-10)14(21)19-5-3-15(4-6-19)8-13(20)18-9-15/h1-2,7H,3-6,8-9H2,(H,18,20). The molecule has 1 aromatic rings. The number of hydrogen-bond acceptors (Lipinski definition) is 2. The molecule has 0 aliphatic carbocycles. The number of carbonyl (C=O) groups excluding carboxylic acids is 2. The van der Waals surface area contributed by atoms with E-state index in [-0.39, 0.29) is 17.2 Å². The molecule has 2 aliphatic rings. The monoisotopic (exact) mass is 414 g/mol. The van der Waals surface area contributed by atoms with Gasteiger partial charge in [0.1, 0.15) is 0 Å². The van der Waals surface area contributed by atoms with Gasteiger partial charge < -0.3 is 10.2 Å². The van der Waals surface area contributed by atoms with Crippen LogP contribution in [0.2, 0.25) is 0 Å². The highest BCUT2D eigenvalue weighted by Gasteiger charge is 2.41. The van der Waals surface area contributed by atoms with Gasteiger partial charge in [-0.2, -0.15) is 0 Å². The van der Waals surface area contributed by atoms with Crippen LogP contribution in [0.1, 0.15) is 29.6 Å². The van der Waals surface area contributed by atoms with Crippen molar-refractivity contribution in [2.45, 2.75) is 19.3 Å². The summed E-state index contributed by atoms with van der Waals surface area (Å²) in [4.78, 5) is 26.0. The van der Waals surface area contributed by atoms with Crippen LogP contribution in [-0.4, -0.2) is 36.3 Å². The van der Waals surface area contributed by atoms with Crippen LogP contribution < -0.4 is 5.32 Å². The lowest BCUT2D eigenvalue weighted by Gasteiger charge is -2.38. The van der Waals surface area contributed by atoms with Crippen molar-refractivity contribution in [1.82, 2.24) is 10.2 Å². The van der Waals surface area contributed by atoms with Crippen LogP contribution in [0.5, 0.6) is 0 Å². The van der Waals surface area contributed by atoms with Crippen molar-refractivity contribution >= 4 is 43.7 Å². The summed E-state index contributed by atoms with van der Waals surface area (Å²) >= 11 is 6.85. The number of amides is 2. The van der Waals surface area contributed by atoms with Gasteiger partial charge in [-0.3, -0.25) is 9.59 Å². The summed E-state index contributed by atoms with van der Waals surface area (Å²) in [5, 5.41) is 2.92. The maximum Gasteiger partial charge on any atom is 0.255 e. The highest BCUT2D eigenvalue weighted by atomic mass is 79.9. The Kier molecular flexibility index (Phi) is 4.10. The number of rotatable bonds is 1. The van der Waals surface area contributed by atoms with Gasteiger partial charge in [-0.05, 0) is 52.4 Å². The van der Waals surface area contributed by atoms with Crippen LogP contribution in [0, 0.1) is 5.41 Å². The second kappa shape index (κ2) is 5.72. The first-order valence-corrected chi connectivity index (χ1v) is 8.59. The zero-order valence-electron chi connectivity index (χ0n) is 11.5. The Labute approximate surface area is 140 Å². The number of piperidine rings is 1. The first-order chi connectivity index (χ1) is 9.99. The number of halogens is 2. The van der Waals surface area contributed by atoms with Crippen molar-refractivity contribution in [3.63, 3.8) is 0 Å². The summed E-state index contributed by atoms with van der Waals surface area (Å²) in [6.45, 7) is 2.19. The van der Waals surface area contributed by atoms with Gasteiger partial charge in [0, 0.05) is 35.0 Å². The molecule has 2 saturated heterocycles. The number of nitrogens with zero attached hydrogens (tertiary/aromatic N) is 1. The molecule has 2 heterocycles. The van der Waals surface area contributed by atoms with Crippen molar-refractivity contribution < 1.29 is 9.59 Å². The number of likely N-dealkylation sites (tertiary alicyclic amines) is 1. The average molecular weight is 416 g/mol. The quantitative estimate of drug-likeness (QED) is 0.766. The zero-order chi connectivity index (χ0) is 15.0. The molecule has 1 aromatic carbocycles. The first kappa shape index (κ1) is 15.0. The molecule has 0 atom stereocenters. The van der Waals surface area contributed by atoms with Gasteiger partial charge in [0.05, 0.1) is 5.56 Å². The second-order valence-electron chi connectivity index (χ2n) is 5.87. The lowest BCUT2D eigenvalue weighted by Crippen LogP contribution is -2.44. The van der Waals surface area contributed by atoms with Crippen molar-refractivity contribution in [3.05, 3.63) is 32.7 Å². The van der Waals surface area contributed by atoms with Crippen molar-refractivity contribution in [2.75, 3.05) is 19.6 Å².